The van der Waals surface area contributed by atoms with E-state index in [1.807, 2.05) is 0 Å². The Hall–Kier alpha value is -1.12. The van der Waals surface area contributed by atoms with Gasteiger partial charge in [0.25, 0.3) is 0 Å². The molecule has 0 saturated carbocycles. The second-order valence-corrected chi connectivity index (χ2v) is 6.13. The molecular weight excluding hydrogens is 238 g/mol. The minimum atomic E-state index is 0.0391. The molecule has 0 radical (unpaired) electrons. The van der Waals surface area contributed by atoms with Crippen LogP contribution in [0.1, 0.15) is 46.0 Å². The maximum absolute atomic E-state index is 6.41. The van der Waals surface area contributed by atoms with E-state index >= 15 is 0 Å². The molecule has 2 heteroatoms. The normalized spacial score (nSPS) is 16.3. The standard InChI is InChI=1S/C16H19NS/c1-11-8-9-18-16(11)15(17)14-7-6-12-4-2-3-5-13(12)10-14/h6-10,15H,2-5,17H2,1H3. The van der Waals surface area contributed by atoms with Crippen LogP contribution in [0.4, 0.5) is 0 Å². The van der Waals surface area contributed by atoms with Crippen molar-refractivity contribution >= 4 is 11.3 Å². The number of hydrogen-bond acceptors (Lipinski definition) is 2. The molecule has 94 valence electrons. The number of thiophene rings is 1. The van der Waals surface area contributed by atoms with Crippen LogP contribution in [-0.2, 0) is 12.8 Å². The predicted octanol–water partition coefficient (Wildman–Crippen LogP) is 3.98. The zero-order valence-electron chi connectivity index (χ0n) is 10.8. The number of nitrogens with two attached hydrogens (primary N) is 1. The summed E-state index contributed by atoms with van der Waals surface area (Å²) in [4.78, 5) is 1.30. The van der Waals surface area contributed by atoms with Crippen molar-refractivity contribution < 1.29 is 0 Å². The Labute approximate surface area is 113 Å². The van der Waals surface area contributed by atoms with Crippen LogP contribution in [0.5, 0.6) is 0 Å². The zero-order valence-corrected chi connectivity index (χ0v) is 11.6. The molecule has 2 N–H and O–H groups in total. The molecule has 1 nitrogen and oxygen atoms in total. The van der Waals surface area contributed by atoms with Gasteiger partial charge >= 0.3 is 0 Å². The van der Waals surface area contributed by atoms with Crippen LogP contribution in [0.3, 0.4) is 0 Å². The van der Waals surface area contributed by atoms with Gasteiger partial charge in [-0.05, 0) is 66.3 Å². The molecule has 1 atom stereocenters. The number of benzene rings is 1. The first-order valence-corrected chi connectivity index (χ1v) is 7.55. The molecule has 1 aliphatic rings. The highest BCUT2D eigenvalue weighted by atomic mass is 32.1. The van der Waals surface area contributed by atoms with E-state index in [-0.39, 0.29) is 6.04 Å². The second kappa shape index (κ2) is 4.87. The molecule has 0 fully saturated rings. The molecule has 0 amide bonds. The van der Waals surface area contributed by atoms with Crippen molar-refractivity contribution in [3.63, 3.8) is 0 Å². The first-order valence-electron chi connectivity index (χ1n) is 6.67. The van der Waals surface area contributed by atoms with Gasteiger partial charge in [-0.1, -0.05) is 18.2 Å². The van der Waals surface area contributed by atoms with Crippen LogP contribution in [0.25, 0.3) is 0 Å². The van der Waals surface area contributed by atoms with Crippen molar-refractivity contribution in [3.8, 4) is 0 Å². The van der Waals surface area contributed by atoms with E-state index in [4.69, 9.17) is 5.73 Å². The fourth-order valence-corrected chi connectivity index (χ4v) is 3.76. The van der Waals surface area contributed by atoms with E-state index in [1.54, 1.807) is 11.3 Å². The number of fused-ring (bicyclic) bond motifs is 1. The fraction of sp³-hybridized carbons (Fsp3) is 0.375. The Bertz CT molecular complexity index is 556. The van der Waals surface area contributed by atoms with E-state index in [9.17, 15) is 0 Å². The summed E-state index contributed by atoms with van der Waals surface area (Å²) in [7, 11) is 0. The zero-order chi connectivity index (χ0) is 12.5. The van der Waals surface area contributed by atoms with Gasteiger partial charge in [0.15, 0.2) is 0 Å². The summed E-state index contributed by atoms with van der Waals surface area (Å²) in [5, 5.41) is 2.13. The largest absolute Gasteiger partial charge is 0.320 e. The van der Waals surface area contributed by atoms with Crippen molar-refractivity contribution in [1.29, 1.82) is 0 Å². The maximum atomic E-state index is 6.41. The van der Waals surface area contributed by atoms with Crippen molar-refractivity contribution in [2.24, 2.45) is 5.73 Å². The van der Waals surface area contributed by atoms with E-state index < -0.39 is 0 Å². The molecule has 0 aliphatic heterocycles. The Kier molecular flexibility index (Phi) is 3.23. The Morgan fingerprint density at radius 2 is 1.89 bits per heavy atom. The summed E-state index contributed by atoms with van der Waals surface area (Å²) in [6.45, 7) is 2.14. The lowest BCUT2D eigenvalue weighted by Gasteiger charge is -2.19. The average molecular weight is 257 g/mol. The molecular formula is C16H19NS. The fourth-order valence-electron chi connectivity index (χ4n) is 2.80. The minimum absolute atomic E-state index is 0.0391. The summed E-state index contributed by atoms with van der Waals surface area (Å²) in [6, 6.07) is 9.02. The van der Waals surface area contributed by atoms with Gasteiger partial charge in [0.05, 0.1) is 6.04 Å². The first kappa shape index (κ1) is 11.9. The van der Waals surface area contributed by atoms with Gasteiger partial charge in [0, 0.05) is 4.88 Å². The number of aryl methyl sites for hydroxylation is 3. The quantitative estimate of drug-likeness (QED) is 0.865. The van der Waals surface area contributed by atoms with E-state index in [0.29, 0.717) is 0 Å². The van der Waals surface area contributed by atoms with E-state index in [2.05, 4.69) is 36.6 Å². The first-order chi connectivity index (χ1) is 8.75. The Balaban J connectivity index is 1.95. The molecule has 1 unspecified atom stereocenters. The van der Waals surface area contributed by atoms with E-state index in [1.165, 1.54) is 52.8 Å². The molecule has 1 aromatic heterocycles. The maximum Gasteiger partial charge on any atom is 0.0648 e. The van der Waals surface area contributed by atoms with Crippen LogP contribution < -0.4 is 5.73 Å². The van der Waals surface area contributed by atoms with Gasteiger partial charge in [0.2, 0.25) is 0 Å². The lowest BCUT2D eigenvalue weighted by Crippen LogP contribution is -2.13. The Morgan fingerprint density at radius 1 is 1.11 bits per heavy atom. The lowest BCUT2D eigenvalue weighted by atomic mass is 9.89. The van der Waals surface area contributed by atoms with Gasteiger partial charge in [-0.25, -0.2) is 0 Å². The molecule has 0 bridgehead atoms. The molecule has 18 heavy (non-hydrogen) atoms. The minimum Gasteiger partial charge on any atom is -0.320 e. The van der Waals surface area contributed by atoms with E-state index in [0.717, 1.165) is 0 Å². The SMILES string of the molecule is Cc1ccsc1C(N)c1ccc2c(c1)CCCC2. The van der Waals surface area contributed by atoms with Gasteiger partial charge in [-0.3, -0.25) is 0 Å². The van der Waals surface area contributed by atoms with Crippen LogP contribution in [0, 0.1) is 6.92 Å². The summed E-state index contributed by atoms with van der Waals surface area (Å²) in [5.74, 6) is 0. The Morgan fingerprint density at radius 3 is 2.61 bits per heavy atom. The smallest absolute Gasteiger partial charge is 0.0648 e. The van der Waals surface area contributed by atoms with Crippen LogP contribution in [0.15, 0.2) is 29.6 Å². The van der Waals surface area contributed by atoms with Gasteiger partial charge in [-0.2, -0.15) is 0 Å². The predicted molar refractivity (Wildman–Crippen MR) is 78.2 cm³/mol. The van der Waals surface area contributed by atoms with Crippen molar-refractivity contribution in [1.82, 2.24) is 0 Å². The average Bonchev–Trinajstić information content (AvgIpc) is 2.83. The highest BCUT2D eigenvalue weighted by Crippen LogP contribution is 2.30. The summed E-state index contributed by atoms with van der Waals surface area (Å²) >= 11 is 1.76. The molecule has 0 saturated heterocycles. The summed E-state index contributed by atoms with van der Waals surface area (Å²) < 4.78 is 0. The van der Waals surface area contributed by atoms with Crippen molar-refractivity contribution in [2.45, 2.75) is 38.6 Å². The van der Waals surface area contributed by atoms with Gasteiger partial charge < -0.3 is 5.73 Å². The molecule has 1 aromatic carbocycles. The van der Waals surface area contributed by atoms with Crippen LogP contribution >= 0.6 is 11.3 Å². The molecule has 1 heterocycles. The third kappa shape index (κ3) is 2.11. The number of hydrogen-bond donors (Lipinski definition) is 1. The molecule has 2 aromatic rings. The van der Waals surface area contributed by atoms with Crippen molar-refractivity contribution in [3.05, 3.63) is 56.8 Å². The third-order valence-corrected chi connectivity index (χ3v) is 5.02. The molecule has 1 aliphatic carbocycles. The van der Waals surface area contributed by atoms with Crippen LogP contribution in [-0.4, -0.2) is 0 Å². The third-order valence-electron chi connectivity index (χ3n) is 3.92. The highest BCUT2D eigenvalue weighted by molar-refractivity contribution is 7.10. The monoisotopic (exact) mass is 257 g/mol. The topological polar surface area (TPSA) is 26.0 Å². The van der Waals surface area contributed by atoms with Gasteiger partial charge in [-0.15, -0.1) is 11.3 Å². The number of rotatable bonds is 2. The lowest BCUT2D eigenvalue weighted by molar-refractivity contribution is 0.683. The van der Waals surface area contributed by atoms with Crippen LogP contribution in [0.2, 0.25) is 0 Å². The van der Waals surface area contributed by atoms with Crippen molar-refractivity contribution in [2.75, 3.05) is 0 Å². The highest BCUT2D eigenvalue weighted by Gasteiger charge is 2.16. The summed E-state index contributed by atoms with van der Waals surface area (Å²) in [5.41, 5.74) is 12.0. The second-order valence-electron chi connectivity index (χ2n) is 5.18. The molecule has 0 spiro atoms. The summed E-state index contributed by atoms with van der Waals surface area (Å²) in [6.07, 6.45) is 5.12. The van der Waals surface area contributed by atoms with Gasteiger partial charge in [0.1, 0.15) is 0 Å². The molecule has 3 rings (SSSR count).